The molecule has 5 rings (SSSR count). The van der Waals surface area contributed by atoms with Crippen LogP contribution in [0.5, 0.6) is 0 Å². The maximum atomic E-state index is 6.94. The van der Waals surface area contributed by atoms with Crippen LogP contribution >= 0.6 is 11.3 Å². The monoisotopic (exact) mass is 418 g/mol. The predicted octanol–water partition coefficient (Wildman–Crippen LogP) is 5.27. The number of likely N-dealkylation sites (N-methyl/N-ethyl adjacent to an activating group) is 1. The van der Waals surface area contributed by atoms with E-state index in [0.29, 0.717) is 0 Å². The largest absolute Gasteiger partial charge is 0.351 e. The van der Waals surface area contributed by atoms with E-state index in [2.05, 4.69) is 89.0 Å². The molecule has 0 amide bonds. The summed E-state index contributed by atoms with van der Waals surface area (Å²) in [4.78, 5) is 6.48. The summed E-state index contributed by atoms with van der Waals surface area (Å²) in [5, 5.41) is 2.26. The van der Waals surface area contributed by atoms with E-state index in [1.165, 1.54) is 21.6 Å². The van der Waals surface area contributed by atoms with Gasteiger partial charge in [-0.15, -0.1) is 11.3 Å². The van der Waals surface area contributed by atoms with Crippen molar-refractivity contribution in [1.82, 2.24) is 9.80 Å². The molecule has 156 valence electrons. The highest BCUT2D eigenvalue weighted by atomic mass is 32.1. The maximum absolute atomic E-state index is 6.94. The van der Waals surface area contributed by atoms with E-state index in [1.54, 1.807) is 0 Å². The smallest absolute Gasteiger partial charge is 0.116 e. The molecule has 0 N–H and O–H groups in total. The number of hydrogen-bond donors (Lipinski definition) is 0. The van der Waals surface area contributed by atoms with Gasteiger partial charge in [-0.2, -0.15) is 0 Å². The van der Waals surface area contributed by atoms with Crippen molar-refractivity contribution in [3.63, 3.8) is 0 Å². The Hall–Kier alpha value is -1.98. The van der Waals surface area contributed by atoms with Crippen molar-refractivity contribution in [2.75, 3.05) is 20.1 Å². The fraction of sp³-hybridized carbons (Fsp3) is 0.385. The number of piperidine rings is 1. The molecule has 1 fully saturated rings. The first kappa shape index (κ1) is 20.0. The van der Waals surface area contributed by atoms with Gasteiger partial charge in [0.05, 0.1) is 5.60 Å². The van der Waals surface area contributed by atoms with Gasteiger partial charge in [-0.05, 0) is 48.0 Å². The lowest BCUT2D eigenvalue weighted by atomic mass is 9.82. The second-order valence-corrected chi connectivity index (χ2v) is 9.69. The quantitative estimate of drug-likeness (QED) is 0.561. The van der Waals surface area contributed by atoms with E-state index in [-0.39, 0.29) is 11.8 Å². The molecule has 2 aliphatic rings. The van der Waals surface area contributed by atoms with E-state index < -0.39 is 0 Å². The summed E-state index contributed by atoms with van der Waals surface area (Å²) in [7, 11) is 2.20. The lowest BCUT2D eigenvalue weighted by Gasteiger charge is -2.48. The summed E-state index contributed by atoms with van der Waals surface area (Å²) < 4.78 is 6.94. The third kappa shape index (κ3) is 4.10. The molecule has 1 unspecified atom stereocenters. The molecule has 1 aromatic heterocycles. The molecule has 0 bridgehead atoms. The van der Waals surface area contributed by atoms with Crippen LogP contribution in [0.2, 0.25) is 0 Å². The van der Waals surface area contributed by atoms with Gasteiger partial charge in [-0.3, -0.25) is 9.80 Å². The molecule has 0 aliphatic carbocycles. The fourth-order valence-corrected chi connectivity index (χ4v) is 5.94. The van der Waals surface area contributed by atoms with Gasteiger partial charge in [0.1, 0.15) is 6.23 Å². The zero-order valence-electron chi connectivity index (χ0n) is 17.7. The van der Waals surface area contributed by atoms with Crippen LogP contribution in [0.4, 0.5) is 0 Å². The molecule has 3 aromatic rings. The van der Waals surface area contributed by atoms with Crippen LogP contribution in [0.3, 0.4) is 0 Å². The van der Waals surface area contributed by atoms with Crippen molar-refractivity contribution in [1.29, 1.82) is 0 Å². The van der Waals surface area contributed by atoms with Gasteiger partial charge in [0.2, 0.25) is 0 Å². The van der Waals surface area contributed by atoms with Crippen LogP contribution in [-0.2, 0) is 29.8 Å². The Morgan fingerprint density at radius 3 is 2.33 bits per heavy atom. The fourth-order valence-electron chi connectivity index (χ4n) is 4.95. The van der Waals surface area contributed by atoms with Gasteiger partial charge >= 0.3 is 0 Å². The Labute approximate surface area is 183 Å². The van der Waals surface area contributed by atoms with Crippen LogP contribution in [0.15, 0.2) is 72.1 Å². The number of thiophene rings is 1. The van der Waals surface area contributed by atoms with Crippen molar-refractivity contribution >= 4 is 11.3 Å². The summed E-state index contributed by atoms with van der Waals surface area (Å²) in [5.41, 5.74) is 4.06. The highest BCUT2D eigenvalue weighted by Crippen LogP contribution is 2.45. The molecule has 2 aromatic carbocycles. The third-order valence-electron chi connectivity index (χ3n) is 6.64. The van der Waals surface area contributed by atoms with Gasteiger partial charge in [0.25, 0.3) is 0 Å². The molecule has 0 radical (unpaired) electrons. The number of rotatable bonds is 5. The van der Waals surface area contributed by atoms with Crippen molar-refractivity contribution in [2.45, 2.75) is 44.2 Å². The highest BCUT2D eigenvalue weighted by molar-refractivity contribution is 7.10. The summed E-state index contributed by atoms with van der Waals surface area (Å²) in [6.45, 7) is 4.12. The normalized spacial score (nSPS) is 21.1. The Balaban J connectivity index is 1.30. The minimum Gasteiger partial charge on any atom is -0.351 e. The number of likely N-dealkylation sites (tertiary alicyclic amines) is 1. The predicted molar refractivity (Wildman–Crippen MR) is 123 cm³/mol. The van der Waals surface area contributed by atoms with Crippen LogP contribution in [0.25, 0.3) is 0 Å². The van der Waals surface area contributed by atoms with E-state index in [1.807, 2.05) is 11.3 Å². The average molecular weight is 419 g/mol. The molecular formula is C26H30N2OS. The van der Waals surface area contributed by atoms with Crippen LogP contribution in [-0.4, -0.2) is 36.2 Å². The van der Waals surface area contributed by atoms with Gasteiger partial charge in [-0.1, -0.05) is 60.7 Å². The first-order valence-electron chi connectivity index (χ1n) is 11.0. The van der Waals surface area contributed by atoms with Gasteiger partial charge in [-0.25, -0.2) is 0 Å². The molecule has 3 nitrogen and oxygen atoms in total. The van der Waals surface area contributed by atoms with Crippen molar-refractivity contribution in [3.05, 3.63) is 93.7 Å². The van der Waals surface area contributed by atoms with Gasteiger partial charge in [0, 0.05) is 37.5 Å². The zero-order chi connectivity index (χ0) is 20.4. The molecule has 1 atom stereocenters. The first-order chi connectivity index (χ1) is 14.7. The minimum absolute atomic E-state index is 0.129. The molecule has 1 saturated heterocycles. The highest BCUT2D eigenvalue weighted by Gasteiger charge is 2.45. The average Bonchev–Trinajstić information content (AvgIpc) is 3.27. The number of fused-ring (bicyclic) bond motifs is 2. The van der Waals surface area contributed by atoms with E-state index >= 15 is 0 Å². The maximum Gasteiger partial charge on any atom is 0.116 e. The second-order valence-electron chi connectivity index (χ2n) is 8.69. The first-order valence-corrected chi connectivity index (χ1v) is 11.8. The Kier molecular flexibility index (Phi) is 5.74. The number of nitrogens with zero attached hydrogens (tertiary/aromatic N) is 2. The van der Waals surface area contributed by atoms with Crippen LogP contribution in [0.1, 0.15) is 34.4 Å². The van der Waals surface area contributed by atoms with Gasteiger partial charge in [0.15, 0.2) is 0 Å². The second kappa shape index (κ2) is 8.64. The number of ether oxygens (including phenoxy) is 1. The van der Waals surface area contributed by atoms with Gasteiger partial charge < -0.3 is 4.74 Å². The summed E-state index contributed by atoms with van der Waals surface area (Å²) in [5.74, 6) is 0. The lowest BCUT2D eigenvalue weighted by Crippen LogP contribution is -2.51. The van der Waals surface area contributed by atoms with E-state index in [9.17, 15) is 0 Å². The topological polar surface area (TPSA) is 15.7 Å². The Morgan fingerprint density at radius 1 is 0.967 bits per heavy atom. The molecule has 0 saturated carbocycles. The molecule has 30 heavy (non-hydrogen) atoms. The summed E-state index contributed by atoms with van der Waals surface area (Å²) in [6, 6.07) is 23.9. The molecule has 2 aliphatic heterocycles. The van der Waals surface area contributed by atoms with Crippen molar-refractivity contribution < 1.29 is 4.74 Å². The Morgan fingerprint density at radius 2 is 1.63 bits per heavy atom. The van der Waals surface area contributed by atoms with Crippen LogP contribution < -0.4 is 0 Å². The SMILES string of the molecule is CN(Cc1ccccc1)C1Cc2sccc2C2(CCN(Cc3ccccc3)CC2)O1. The lowest BCUT2D eigenvalue weighted by molar-refractivity contribution is -0.186. The molecule has 4 heteroatoms. The summed E-state index contributed by atoms with van der Waals surface area (Å²) in [6.07, 6.45) is 3.27. The third-order valence-corrected chi connectivity index (χ3v) is 7.58. The van der Waals surface area contributed by atoms with Crippen molar-refractivity contribution in [3.8, 4) is 0 Å². The number of benzene rings is 2. The molecular weight excluding hydrogens is 388 g/mol. The van der Waals surface area contributed by atoms with E-state index in [4.69, 9.17) is 4.74 Å². The van der Waals surface area contributed by atoms with E-state index in [0.717, 1.165) is 45.4 Å². The standard InChI is InChI=1S/C26H30N2OS/c1-27(19-21-8-4-2-5-9-21)25-18-24-23(12-17-30-24)26(29-25)13-15-28(16-14-26)20-22-10-6-3-7-11-22/h2-12,17,25H,13-16,18-20H2,1H3. The number of hydrogen-bond acceptors (Lipinski definition) is 4. The molecule has 1 spiro atoms. The zero-order valence-corrected chi connectivity index (χ0v) is 18.5. The van der Waals surface area contributed by atoms with Crippen LogP contribution in [0, 0.1) is 0 Å². The Bertz CT molecular complexity index is 947. The van der Waals surface area contributed by atoms with Crippen molar-refractivity contribution in [2.24, 2.45) is 0 Å². The molecule has 3 heterocycles. The summed E-state index contributed by atoms with van der Waals surface area (Å²) >= 11 is 1.90. The minimum atomic E-state index is -0.129.